The first-order valence-corrected chi connectivity index (χ1v) is 9.11. The predicted molar refractivity (Wildman–Crippen MR) is 103 cm³/mol. The molecule has 0 saturated heterocycles. The van der Waals surface area contributed by atoms with Crippen LogP contribution in [-0.4, -0.2) is 32.1 Å². The smallest absolute Gasteiger partial charge is 0.259 e. The monoisotopic (exact) mass is 379 g/mol. The second-order valence-corrected chi connectivity index (χ2v) is 6.74. The van der Waals surface area contributed by atoms with Crippen LogP contribution in [0.4, 0.5) is 0 Å². The minimum atomic E-state index is -0.177. The average molecular weight is 379 g/mol. The number of aryl methyl sites for hydroxylation is 4. The topological polar surface area (TPSA) is 99.0 Å². The van der Waals surface area contributed by atoms with Crippen LogP contribution in [0.3, 0.4) is 0 Å². The van der Waals surface area contributed by atoms with E-state index in [2.05, 4.69) is 20.4 Å². The molecule has 0 bridgehead atoms. The Hall–Kier alpha value is -3.42. The molecule has 144 valence electrons. The first kappa shape index (κ1) is 18.0. The Kier molecular flexibility index (Phi) is 4.68. The highest BCUT2D eigenvalue weighted by atomic mass is 16.5. The number of fused-ring (bicyclic) bond motifs is 1. The fraction of sp³-hybridized carbons (Fsp3) is 0.300. The Bertz CT molecular complexity index is 1120. The van der Waals surface area contributed by atoms with Gasteiger partial charge in [-0.1, -0.05) is 5.16 Å². The van der Waals surface area contributed by atoms with Gasteiger partial charge in [0.1, 0.15) is 11.5 Å². The molecular weight excluding hydrogens is 358 g/mol. The molecule has 28 heavy (non-hydrogen) atoms. The lowest BCUT2D eigenvalue weighted by molar-refractivity contribution is 0.0954. The number of aromatic nitrogens is 4. The highest BCUT2D eigenvalue weighted by Gasteiger charge is 2.20. The number of nitrogens with one attached hydrogen (secondary N) is 1. The van der Waals surface area contributed by atoms with Gasteiger partial charge in [-0.2, -0.15) is 0 Å². The van der Waals surface area contributed by atoms with Crippen LogP contribution in [0.15, 0.2) is 39.8 Å². The largest absolute Gasteiger partial charge is 0.466 e. The number of carbonyl (C=O) groups excluding carboxylic acids is 1. The van der Waals surface area contributed by atoms with Crippen LogP contribution >= 0.6 is 0 Å². The summed E-state index contributed by atoms with van der Waals surface area (Å²) in [5.41, 5.74) is 2.94. The van der Waals surface area contributed by atoms with Gasteiger partial charge in [-0.05, 0) is 39.3 Å². The lowest BCUT2D eigenvalue weighted by atomic mass is 10.1. The summed E-state index contributed by atoms with van der Waals surface area (Å²) in [4.78, 5) is 21.4. The van der Waals surface area contributed by atoms with Crippen molar-refractivity contribution >= 4 is 17.0 Å². The molecule has 8 nitrogen and oxygen atoms in total. The molecule has 8 heteroatoms. The summed E-state index contributed by atoms with van der Waals surface area (Å²) in [6, 6.07) is 3.68. The van der Waals surface area contributed by atoms with Gasteiger partial charge in [-0.25, -0.2) is 9.97 Å². The van der Waals surface area contributed by atoms with Crippen molar-refractivity contribution in [3.05, 3.63) is 53.6 Å². The van der Waals surface area contributed by atoms with Crippen molar-refractivity contribution < 1.29 is 13.7 Å². The summed E-state index contributed by atoms with van der Waals surface area (Å²) in [5, 5.41) is 7.59. The first-order valence-electron chi connectivity index (χ1n) is 9.11. The van der Waals surface area contributed by atoms with Crippen molar-refractivity contribution in [2.45, 2.75) is 33.7 Å². The number of amides is 1. The fourth-order valence-electron chi connectivity index (χ4n) is 3.27. The quantitative estimate of drug-likeness (QED) is 0.515. The maximum atomic E-state index is 12.9. The zero-order chi connectivity index (χ0) is 19.7. The van der Waals surface area contributed by atoms with Crippen LogP contribution in [0.2, 0.25) is 0 Å². The summed E-state index contributed by atoms with van der Waals surface area (Å²) < 4.78 is 12.9. The molecule has 0 aliphatic carbocycles. The van der Waals surface area contributed by atoms with Gasteiger partial charge in [0, 0.05) is 31.0 Å². The van der Waals surface area contributed by atoms with Crippen molar-refractivity contribution in [1.82, 2.24) is 25.0 Å². The van der Waals surface area contributed by atoms with Gasteiger partial charge in [0.15, 0.2) is 0 Å². The van der Waals surface area contributed by atoms with Crippen LogP contribution in [0.1, 0.15) is 34.0 Å². The van der Waals surface area contributed by atoms with Crippen LogP contribution in [0.25, 0.3) is 22.4 Å². The van der Waals surface area contributed by atoms with E-state index < -0.39 is 0 Å². The summed E-state index contributed by atoms with van der Waals surface area (Å²) in [7, 11) is 0. The molecule has 0 saturated carbocycles. The Labute approximate surface area is 161 Å². The van der Waals surface area contributed by atoms with Crippen molar-refractivity contribution in [3.8, 4) is 11.3 Å². The van der Waals surface area contributed by atoms with Gasteiger partial charge in [0.05, 0.1) is 28.7 Å². The standard InChI is InChI=1S/C20H21N5O3/c1-12-9-15(14(3)27-12)17-10-16(18-13(2)24-28-20(18)23-17)19(26)22-5-4-7-25-8-6-21-11-25/h6,8-11H,4-5,7H2,1-3H3,(H,22,26). The van der Waals surface area contributed by atoms with Crippen LogP contribution < -0.4 is 5.32 Å². The van der Waals surface area contributed by atoms with Crippen LogP contribution in [-0.2, 0) is 6.54 Å². The number of rotatable bonds is 6. The lowest BCUT2D eigenvalue weighted by Crippen LogP contribution is -2.25. The summed E-state index contributed by atoms with van der Waals surface area (Å²) >= 11 is 0. The molecule has 4 heterocycles. The number of nitrogens with zero attached hydrogens (tertiary/aromatic N) is 4. The Morgan fingerprint density at radius 3 is 2.82 bits per heavy atom. The van der Waals surface area contributed by atoms with E-state index >= 15 is 0 Å². The van der Waals surface area contributed by atoms with Crippen molar-refractivity contribution in [2.24, 2.45) is 0 Å². The third-order valence-corrected chi connectivity index (χ3v) is 4.62. The zero-order valence-corrected chi connectivity index (χ0v) is 16.0. The van der Waals surface area contributed by atoms with E-state index in [-0.39, 0.29) is 5.91 Å². The molecule has 1 amide bonds. The maximum Gasteiger partial charge on any atom is 0.259 e. The van der Waals surface area contributed by atoms with Gasteiger partial charge < -0.3 is 18.8 Å². The molecule has 0 fully saturated rings. The maximum absolute atomic E-state index is 12.9. The molecule has 4 aromatic heterocycles. The molecule has 0 aromatic carbocycles. The Morgan fingerprint density at radius 2 is 2.11 bits per heavy atom. The zero-order valence-electron chi connectivity index (χ0n) is 16.0. The second kappa shape index (κ2) is 7.30. The molecular formula is C20H21N5O3. The lowest BCUT2D eigenvalue weighted by Gasteiger charge is -2.08. The number of imidazole rings is 1. The van der Waals surface area contributed by atoms with E-state index in [4.69, 9.17) is 8.94 Å². The van der Waals surface area contributed by atoms with Gasteiger partial charge >= 0.3 is 0 Å². The second-order valence-electron chi connectivity index (χ2n) is 6.74. The van der Waals surface area contributed by atoms with Crippen molar-refractivity contribution in [3.63, 3.8) is 0 Å². The van der Waals surface area contributed by atoms with Gasteiger partial charge in [0.2, 0.25) is 0 Å². The molecule has 0 aliphatic heterocycles. The highest BCUT2D eigenvalue weighted by Crippen LogP contribution is 2.30. The molecule has 0 aliphatic rings. The highest BCUT2D eigenvalue weighted by molar-refractivity contribution is 6.07. The van der Waals surface area contributed by atoms with Crippen LogP contribution in [0, 0.1) is 20.8 Å². The van der Waals surface area contributed by atoms with E-state index in [0.717, 1.165) is 30.0 Å². The van der Waals surface area contributed by atoms with E-state index in [1.165, 1.54) is 0 Å². The van der Waals surface area contributed by atoms with E-state index in [0.29, 0.717) is 34.6 Å². The minimum absolute atomic E-state index is 0.177. The molecule has 4 aromatic rings. The average Bonchev–Trinajstić information content (AvgIpc) is 3.39. The molecule has 0 atom stereocenters. The van der Waals surface area contributed by atoms with Gasteiger partial charge in [-0.3, -0.25) is 4.79 Å². The van der Waals surface area contributed by atoms with Crippen LogP contribution in [0.5, 0.6) is 0 Å². The van der Waals surface area contributed by atoms with E-state index in [9.17, 15) is 4.79 Å². The number of hydrogen-bond acceptors (Lipinski definition) is 6. The summed E-state index contributed by atoms with van der Waals surface area (Å²) in [6.07, 6.45) is 6.19. The third-order valence-electron chi connectivity index (χ3n) is 4.62. The number of furan rings is 1. The molecule has 0 unspecified atom stereocenters. The van der Waals surface area contributed by atoms with Gasteiger partial charge in [-0.15, -0.1) is 0 Å². The number of pyridine rings is 1. The van der Waals surface area contributed by atoms with Gasteiger partial charge in [0.25, 0.3) is 11.6 Å². The molecule has 1 N–H and O–H groups in total. The molecule has 0 radical (unpaired) electrons. The third kappa shape index (κ3) is 3.40. The van der Waals surface area contributed by atoms with Crippen molar-refractivity contribution in [2.75, 3.05) is 6.54 Å². The SMILES string of the molecule is Cc1cc(-c2cc(C(=O)NCCCn3ccnc3)c3c(C)noc3n2)c(C)o1. The number of hydrogen-bond donors (Lipinski definition) is 1. The van der Waals surface area contributed by atoms with E-state index in [1.54, 1.807) is 25.5 Å². The molecule has 0 spiro atoms. The predicted octanol–water partition coefficient (Wildman–Crippen LogP) is 3.42. The van der Waals surface area contributed by atoms with E-state index in [1.807, 2.05) is 30.7 Å². The Morgan fingerprint density at radius 1 is 1.25 bits per heavy atom. The first-order chi connectivity index (χ1) is 13.5. The summed E-state index contributed by atoms with van der Waals surface area (Å²) in [5.74, 6) is 1.35. The summed E-state index contributed by atoms with van der Waals surface area (Å²) in [6.45, 7) is 6.88. The normalized spacial score (nSPS) is 11.2. The minimum Gasteiger partial charge on any atom is -0.466 e. The molecule has 4 rings (SSSR count). The Balaban J connectivity index is 1.60. The number of carbonyl (C=O) groups is 1. The van der Waals surface area contributed by atoms with Crippen molar-refractivity contribution in [1.29, 1.82) is 0 Å². The fourth-order valence-corrected chi connectivity index (χ4v) is 3.27.